The molecule has 23 heavy (non-hydrogen) atoms. The predicted molar refractivity (Wildman–Crippen MR) is 77.9 cm³/mol. The van der Waals surface area contributed by atoms with Crippen LogP contribution in [0.15, 0.2) is 12.2 Å². The summed E-state index contributed by atoms with van der Waals surface area (Å²) in [4.78, 5) is 47.1. The Balaban J connectivity index is 2.47. The molecule has 2 amide bonds. The Morgan fingerprint density at radius 2 is 1.78 bits per heavy atom. The molecule has 0 aromatic rings. The molecule has 3 N–H and O–H groups in total. The van der Waals surface area contributed by atoms with E-state index in [1.807, 2.05) is 0 Å². The van der Waals surface area contributed by atoms with Crippen molar-refractivity contribution in [3.63, 3.8) is 0 Å². The lowest BCUT2D eigenvalue weighted by molar-refractivity contribution is -0.172. The Kier molecular flexibility index (Phi) is 5.02. The van der Waals surface area contributed by atoms with Crippen molar-refractivity contribution in [2.45, 2.75) is 13.0 Å². The van der Waals surface area contributed by atoms with E-state index in [4.69, 9.17) is 4.74 Å². The molecule has 0 aliphatic heterocycles. The minimum atomic E-state index is -1.14. The first-order chi connectivity index (χ1) is 11.0. The molecular weight excluding hydrogens is 304 g/mol. The minimum Gasteiger partial charge on any atom is -0.481 e. The van der Waals surface area contributed by atoms with E-state index in [1.165, 1.54) is 7.05 Å². The van der Waals surface area contributed by atoms with Crippen LogP contribution >= 0.6 is 0 Å². The zero-order valence-corrected chi connectivity index (χ0v) is 12.9. The highest BCUT2D eigenvalue weighted by Crippen LogP contribution is 2.49. The van der Waals surface area contributed by atoms with Crippen LogP contribution in [-0.2, 0) is 23.9 Å². The second-order valence-corrected chi connectivity index (χ2v) is 5.66. The minimum absolute atomic E-state index is 0.217. The van der Waals surface area contributed by atoms with Gasteiger partial charge in [-0.2, -0.15) is 0 Å². The number of ether oxygens (including phenoxy) is 1. The molecule has 0 aromatic carbocycles. The summed E-state index contributed by atoms with van der Waals surface area (Å²) in [7, 11) is 1.45. The lowest BCUT2D eigenvalue weighted by Crippen LogP contribution is -2.61. The summed E-state index contributed by atoms with van der Waals surface area (Å²) in [6.07, 6.45) is 2.43. The molecular formula is C15H20N2O6. The Labute approximate surface area is 133 Å². The van der Waals surface area contributed by atoms with Gasteiger partial charge in [-0.3, -0.25) is 19.2 Å². The number of carbonyl (C=O) groups is 4. The van der Waals surface area contributed by atoms with E-state index >= 15 is 0 Å². The van der Waals surface area contributed by atoms with Gasteiger partial charge in [-0.25, -0.2) is 0 Å². The van der Waals surface area contributed by atoms with Crippen LogP contribution in [-0.4, -0.2) is 49.1 Å². The van der Waals surface area contributed by atoms with Gasteiger partial charge < -0.3 is 20.5 Å². The zero-order valence-electron chi connectivity index (χ0n) is 12.9. The lowest BCUT2D eigenvalue weighted by Gasteiger charge is -2.49. The number of nitrogens with one attached hydrogen (secondary N) is 2. The fourth-order valence-corrected chi connectivity index (χ4v) is 3.77. The molecule has 2 bridgehead atoms. The van der Waals surface area contributed by atoms with Crippen LogP contribution < -0.4 is 10.6 Å². The number of fused-ring (bicyclic) bond motifs is 2. The van der Waals surface area contributed by atoms with E-state index in [9.17, 15) is 24.3 Å². The highest BCUT2D eigenvalue weighted by molar-refractivity contribution is 5.89. The predicted octanol–water partition coefficient (Wildman–Crippen LogP) is -0.841. The number of aliphatic carboxylic acids is 1. The van der Waals surface area contributed by atoms with Crippen LogP contribution in [0.3, 0.4) is 0 Å². The van der Waals surface area contributed by atoms with Crippen LogP contribution in [0.1, 0.15) is 6.92 Å². The van der Waals surface area contributed by atoms with Crippen LogP contribution in [0.4, 0.5) is 0 Å². The first kappa shape index (κ1) is 17.0. The lowest BCUT2D eigenvalue weighted by atomic mass is 9.55. The summed E-state index contributed by atoms with van der Waals surface area (Å²) >= 11 is 0. The van der Waals surface area contributed by atoms with E-state index in [2.05, 4.69) is 10.6 Å². The number of allylic oxidation sites excluding steroid dienone is 1. The van der Waals surface area contributed by atoms with Gasteiger partial charge >= 0.3 is 5.97 Å². The maximum absolute atomic E-state index is 12.4. The average Bonchev–Trinajstić information content (AvgIpc) is 2.54. The van der Waals surface area contributed by atoms with Crippen molar-refractivity contribution in [1.29, 1.82) is 0 Å². The molecule has 8 nitrogen and oxygen atoms in total. The Morgan fingerprint density at radius 3 is 2.30 bits per heavy atom. The van der Waals surface area contributed by atoms with E-state index in [0.29, 0.717) is 6.54 Å². The molecule has 1 saturated carbocycles. The molecule has 6 unspecified atom stereocenters. The van der Waals surface area contributed by atoms with Crippen molar-refractivity contribution in [2.24, 2.45) is 29.6 Å². The molecule has 1 fully saturated rings. The van der Waals surface area contributed by atoms with Gasteiger partial charge in [0, 0.05) is 25.4 Å². The van der Waals surface area contributed by atoms with Gasteiger partial charge in [0.2, 0.25) is 11.8 Å². The normalized spacial score (nSPS) is 34.5. The van der Waals surface area contributed by atoms with Crippen molar-refractivity contribution in [1.82, 2.24) is 10.6 Å². The first-order valence-corrected chi connectivity index (χ1v) is 7.47. The summed E-state index contributed by atoms with van der Waals surface area (Å²) in [5, 5.41) is 14.7. The van der Waals surface area contributed by atoms with E-state index in [1.54, 1.807) is 19.1 Å². The zero-order chi connectivity index (χ0) is 17.1. The number of carbonyl (C=O) groups excluding carboxylic acids is 3. The van der Waals surface area contributed by atoms with Crippen molar-refractivity contribution in [3.05, 3.63) is 12.2 Å². The van der Waals surface area contributed by atoms with Crippen LogP contribution in [0.25, 0.3) is 0 Å². The topological polar surface area (TPSA) is 122 Å². The number of carboxylic acids is 1. The van der Waals surface area contributed by atoms with Gasteiger partial charge in [0.1, 0.15) is 6.10 Å². The van der Waals surface area contributed by atoms with Crippen molar-refractivity contribution >= 4 is 24.3 Å². The Bertz CT molecular complexity index is 546. The SMILES string of the molecule is CCNC(=O)C1C2C=CC(C(OC=O)C2C(=O)NC)C1C(=O)O. The van der Waals surface area contributed by atoms with Gasteiger partial charge in [-0.15, -0.1) is 0 Å². The summed E-state index contributed by atoms with van der Waals surface area (Å²) in [5.74, 6) is -6.00. The molecule has 3 aliphatic carbocycles. The third kappa shape index (κ3) is 2.80. The number of hydrogen-bond donors (Lipinski definition) is 3. The van der Waals surface area contributed by atoms with E-state index in [-0.39, 0.29) is 12.4 Å². The van der Waals surface area contributed by atoms with Gasteiger partial charge in [0.25, 0.3) is 6.47 Å². The molecule has 0 heterocycles. The second kappa shape index (κ2) is 6.80. The number of hydrogen-bond acceptors (Lipinski definition) is 5. The van der Waals surface area contributed by atoms with Crippen molar-refractivity contribution in [2.75, 3.05) is 13.6 Å². The van der Waals surface area contributed by atoms with Crippen LogP contribution in [0, 0.1) is 29.6 Å². The van der Waals surface area contributed by atoms with Crippen molar-refractivity contribution in [3.8, 4) is 0 Å². The number of rotatable bonds is 6. The summed E-state index contributed by atoms with van der Waals surface area (Å²) < 4.78 is 5.03. The number of amides is 2. The molecule has 0 aromatic heterocycles. The third-order valence-electron chi connectivity index (χ3n) is 4.62. The second-order valence-electron chi connectivity index (χ2n) is 5.66. The third-order valence-corrected chi connectivity index (χ3v) is 4.62. The fraction of sp³-hybridized carbons (Fsp3) is 0.600. The van der Waals surface area contributed by atoms with Crippen molar-refractivity contribution < 1.29 is 29.0 Å². The highest BCUT2D eigenvalue weighted by Gasteiger charge is 2.59. The summed E-state index contributed by atoms with van der Waals surface area (Å²) in [5.41, 5.74) is 0. The maximum Gasteiger partial charge on any atom is 0.308 e. The fourth-order valence-electron chi connectivity index (χ4n) is 3.77. The maximum atomic E-state index is 12.4. The summed E-state index contributed by atoms with van der Waals surface area (Å²) in [6, 6.07) is 0. The molecule has 0 spiro atoms. The summed E-state index contributed by atoms with van der Waals surface area (Å²) in [6.45, 7) is 2.32. The molecule has 3 aliphatic rings. The largest absolute Gasteiger partial charge is 0.481 e. The van der Waals surface area contributed by atoms with E-state index < -0.39 is 47.6 Å². The van der Waals surface area contributed by atoms with Gasteiger partial charge in [-0.05, 0) is 6.92 Å². The van der Waals surface area contributed by atoms with E-state index in [0.717, 1.165) is 0 Å². The molecule has 3 rings (SSSR count). The standard InChI is InChI=1S/C15H20N2O6/c1-3-17-14(20)9-7-4-5-8(10(9)15(21)22)12(23-6-18)11(7)13(19)16-2/h4-12H,3H2,1-2H3,(H,16,19)(H,17,20)(H,21,22). The van der Waals surface area contributed by atoms with Gasteiger partial charge in [0.05, 0.1) is 17.8 Å². The first-order valence-electron chi connectivity index (χ1n) is 7.47. The monoisotopic (exact) mass is 324 g/mol. The van der Waals surface area contributed by atoms with Crippen LogP contribution in [0.2, 0.25) is 0 Å². The van der Waals surface area contributed by atoms with Gasteiger partial charge in [0.15, 0.2) is 0 Å². The Hall–Kier alpha value is -2.38. The smallest absolute Gasteiger partial charge is 0.308 e. The molecule has 0 saturated heterocycles. The molecule has 8 heteroatoms. The molecule has 126 valence electrons. The number of carboxylic acid groups (broad SMARTS) is 1. The van der Waals surface area contributed by atoms with Crippen LogP contribution in [0.5, 0.6) is 0 Å². The average molecular weight is 324 g/mol. The quantitative estimate of drug-likeness (QED) is 0.432. The van der Waals surface area contributed by atoms with Gasteiger partial charge in [-0.1, -0.05) is 12.2 Å². The Morgan fingerprint density at radius 1 is 1.13 bits per heavy atom. The molecule has 0 radical (unpaired) electrons. The highest BCUT2D eigenvalue weighted by atomic mass is 16.5. The molecule has 6 atom stereocenters.